The minimum Gasteiger partial charge on any atom is -0.355 e. The molecule has 3 N–H and O–H groups in total. The number of hydrogen-bond acceptors (Lipinski definition) is 6. The first-order valence-electron chi connectivity index (χ1n) is 12.8. The lowest BCUT2D eigenvalue weighted by atomic mass is 9.73. The molecular weight excluding hydrogens is 446 g/mol. The molecule has 8 heteroatoms. The summed E-state index contributed by atoms with van der Waals surface area (Å²) in [7, 11) is 0. The molecule has 0 amide bonds. The Balaban J connectivity index is 0.00000217. The summed E-state index contributed by atoms with van der Waals surface area (Å²) in [6, 6.07) is 8.91. The number of nitrogens with one attached hydrogen (secondary N) is 1. The summed E-state index contributed by atoms with van der Waals surface area (Å²) >= 11 is 0. The third kappa shape index (κ3) is 3.47. The molecule has 1 spiro atoms. The van der Waals surface area contributed by atoms with Crippen LogP contribution in [0.25, 0.3) is 11.2 Å². The molecule has 1 saturated carbocycles. The second kappa shape index (κ2) is 8.38. The topological polar surface area (TPSA) is 87.0 Å². The number of aromatic nitrogens is 4. The van der Waals surface area contributed by atoms with Crippen molar-refractivity contribution < 1.29 is 0 Å². The Labute approximate surface area is 206 Å². The standard InChI is InChI=1S/C26H33N7.ClH/c27-22-19-7-3-2-6-18(19)16-26(22)10-14-33(15-11-26)24-20(17-8-9-17)28-21-23(29-24)30-31-25(21)32-12-4-1-5-13-32;/h2-3,6-7,17,22H,1,4-5,8-16,27H2,(H,29,30,31);1H/t22-;/m1./s1. The van der Waals surface area contributed by atoms with Gasteiger partial charge in [-0.25, -0.2) is 9.97 Å². The van der Waals surface area contributed by atoms with E-state index in [-0.39, 0.29) is 23.9 Å². The van der Waals surface area contributed by atoms with Crippen LogP contribution in [0, 0.1) is 5.41 Å². The molecule has 2 aromatic heterocycles. The molecule has 180 valence electrons. The van der Waals surface area contributed by atoms with Gasteiger partial charge in [0.1, 0.15) is 0 Å². The maximum atomic E-state index is 6.81. The van der Waals surface area contributed by atoms with Crippen LogP contribution in [-0.2, 0) is 6.42 Å². The summed E-state index contributed by atoms with van der Waals surface area (Å²) in [5.41, 5.74) is 12.8. The number of anilines is 2. The first-order valence-corrected chi connectivity index (χ1v) is 12.8. The quantitative estimate of drug-likeness (QED) is 0.575. The van der Waals surface area contributed by atoms with E-state index >= 15 is 0 Å². The lowest BCUT2D eigenvalue weighted by Gasteiger charge is -2.43. The zero-order valence-corrected chi connectivity index (χ0v) is 20.5. The zero-order valence-electron chi connectivity index (χ0n) is 19.7. The number of benzene rings is 1. The monoisotopic (exact) mass is 479 g/mol. The van der Waals surface area contributed by atoms with E-state index < -0.39 is 0 Å². The predicted octanol–water partition coefficient (Wildman–Crippen LogP) is 4.49. The van der Waals surface area contributed by atoms with Gasteiger partial charge in [-0.15, -0.1) is 12.4 Å². The molecule has 4 heterocycles. The number of fused-ring (bicyclic) bond motifs is 2. The first-order chi connectivity index (χ1) is 16.2. The fourth-order valence-electron chi connectivity index (χ4n) is 6.49. The Morgan fingerprint density at radius 3 is 2.38 bits per heavy atom. The average Bonchev–Trinajstić information content (AvgIpc) is 3.57. The molecule has 2 aliphatic carbocycles. The zero-order chi connectivity index (χ0) is 22.0. The Bertz CT molecular complexity index is 1190. The van der Waals surface area contributed by atoms with Crippen LogP contribution >= 0.6 is 12.4 Å². The summed E-state index contributed by atoms with van der Waals surface area (Å²) in [6.07, 6.45) is 9.55. The fourth-order valence-corrected chi connectivity index (χ4v) is 6.49. The number of hydrogen-bond donors (Lipinski definition) is 2. The van der Waals surface area contributed by atoms with Crippen LogP contribution in [-0.4, -0.2) is 46.3 Å². The second-order valence-corrected chi connectivity index (χ2v) is 10.7. The highest BCUT2D eigenvalue weighted by Gasteiger charge is 2.46. The van der Waals surface area contributed by atoms with Crippen molar-refractivity contribution in [2.45, 2.75) is 63.3 Å². The SMILES string of the molecule is Cl.N[C@@H]1c2ccccc2CC12CCN(c1nc3[nH]nc(N4CCCCC4)c3nc1C1CC1)CC2. The molecule has 3 aromatic rings. The van der Waals surface area contributed by atoms with Gasteiger partial charge >= 0.3 is 0 Å². The molecule has 0 unspecified atom stereocenters. The van der Waals surface area contributed by atoms with Gasteiger partial charge in [0.05, 0.1) is 5.69 Å². The van der Waals surface area contributed by atoms with Crippen LogP contribution in [0.5, 0.6) is 0 Å². The molecule has 0 radical (unpaired) electrons. The number of piperidine rings is 2. The van der Waals surface area contributed by atoms with Crippen LogP contribution in [0.15, 0.2) is 24.3 Å². The van der Waals surface area contributed by atoms with E-state index in [2.05, 4.69) is 44.3 Å². The normalized spacial score (nSPS) is 23.9. The van der Waals surface area contributed by atoms with Gasteiger partial charge in [-0.3, -0.25) is 5.10 Å². The van der Waals surface area contributed by atoms with Crippen LogP contribution in [0.1, 0.15) is 73.7 Å². The van der Waals surface area contributed by atoms with Crippen molar-refractivity contribution in [2.24, 2.45) is 11.1 Å². The van der Waals surface area contributed by atoms with E-state index in [0.717, 1.165) is 68.2 Å². The first kappa shape index (κ1) is 22.1. The third-order valence-electron chi connectivity index (χ3n) is 8.65. The van der Waals surface area contributed by atoms with Crippen LogP contribution in [0.2, 0.25) is 0 Å². The largest absolute Gasteiger partial charge is 0.355 e. The number of H-pyrrole nitrogens is 1. The van der Waals surface area contributed by atoms with Gasteiger partial charge < -0.3 is 15.5 Å². The van der Waals surface area contributed by atoms with Crippen molar-refractivity contribution in [3.63, 3.8) is 0 Å². The number of aromatic amines is 1. The molecule has 1 atom stereocenters. The van der Waals surface area contributed by atoms with Crippen molar-refractivity contribution in [1.29, 1.82) is 0 Å². The molecule has 2 saturated heterocycles. The lowest BCUT2D eigenvalue weighted by molar-refractivity contribution is 0.187. The van der Waals surface area contributed by atoms with E-state index in [1.54, 1.807) is 0 Å². The third-order valence-corrected chi connectivity index (χ3v) is 8.65. The summed E-state index contributed by atoms with van der Waals surface area (Å²) in [5.74, 6) is 2.63. The van der Waals surface area contributed by atoms with Gasteiger partial charge in [0, 0.05) is 38.1 Å². The Hall–Kier alpha value is -2.38. The van der Waals surface area contributed by atoms with E-state index in [9.17, 15) is 0 Å². The highest BCUT2D eigenvalue weighted by molar-refractivity contribution is 5.85. The van der Waals surface area contributed by atoms with Crippen molar-refractivity contribution >= 4 is 35.2 Å². The van der Waals surface area contributed by atoms with E-state index in [0.29, 0.717) is 5.92 Å². The summed E-state index contributed by atoms with van der Waals surface area (Å²) < 4.78 is 0. The molecule has 34 heavy (non-hydrogen) atoms. The van der Waals surface area contributed by atoms with E-state index in [1.807, 2.05) is 0 Å². The molecule has 4 aliphatic rings. The predicted molar refractivity (Wildman–Crippen MR) is 138 cm³/mol. The van der Waals surface area contributed by atoms with Crippen LogP contribution in [0.4, 0.5) is 11.6 Å². The van der Waals surface area contributed by atoms with Gasteiger partial charge in [-0.2, -0.15) is 5.10 Å². The number of rotatable bonds is 3. The molecule has 3 fully saturated rings. The van der Waals surface area contributed by atoms with Crippen LogP contribution < -0.4 is 15.5 Å². The number of nitrogens with two attached hydrogens (primary N) is 1. The molecule has 0 bridgehead atoms. The Kier molecular flexibility index (Phi) is 5.45. The van der Waals surface area contributed by atoms with Gasteiger partial charge in [0.15, 0.2) is 22.8 Å². The van der Waals surface area contributed by atoms with E-state index in [4.69, 9.17) is 15.7 Å². The van der Waals surface area contributed by atoms with Crippen molar-refractivity contribution in [2.75, 3.05) is 36.0 Å². The minimum absolute atomic E-state index is 0. The van der Waals surface area contributed by atoms with Gasteiger partial charge in [0.2, 0.25) is 0 Å². The maximum absolute atomic E-state index is 6.81. The highest BCUT2D eigenvalue weighted by Crippen LogP contribution is 2.52. The Morgan fingerprint density at radius 1 is 0.912 bits per heavy atom. The minimum atomic E-state index is 0. The van der Waals surface area contributed by atoms with Crippen molar-refractivity contribution in [3.8, 4) is 0 Å². The maximum Gasteiger partial charge on any atom is 0.178 e. The molecular formula is C26H34ClN7. The van der Waals surface area contributed by atoms with Crippen LogP contribution in [0.3, 0.4) is 0 Å². The average molecular weight is 480 g/mol. The Morgan fingerprint density at radius 2 is 1.65 bits per heavy atom. The highest BCUT2D eigenvalue weighted by atomic mass is 35.5. The summed E-state index contributed by atoms with van der Waals surface area (Å²) in [4.78, 5) is 15.2. The van der Waals surface area contributed by atoms with Gasteiger partial charge in [0.25, 0.3) is 0 Å². The molecule has 7 nitrogen and oxygen atoms in total. The van der Waals surface area contributed by atoms with Crippen molar-refractivity contribution in [1.82, 2.24) is 20.2 Å². The van der Waals surface area contributed by atoms with Crippen molar-refractivity contribution in [3.05, 3.63) is 41.1 Å². The van der Waals surface area contributed by atoms with E-state index in [1.165, 1.54) is 48.9 Å². The second-order valence-electron chi connectivity index (χ2n) is 10.7. The smallest absolute Gasteiger partial charge is 0.178 e. The van der Waals surface area contributed by atoms with Gasteiger partial charge in [-0.05, 0) is 67.9 Å². The molecule has 7 rings (SSSR count). The fraction of sp³-hybridized carbons (Fsp3) is 0.577. The van der Waals surface area contributed by atoms with Gasteiger partial charge in [-0.1, -0.05) is 24.3 Å². The number of halogens is 1. The molecule has 2 aliphatic heterocycles. The lowest BCUT2D eigenvalue weighted by Crippen LogP contribution is -2.45. The molecule has 1 aromatic carbocycles. The number of nitrogens with zero attached hydrogens (tertiary/aromatic N) is 5. The summed E-state index contributed by atoms with van der Waals surface area (Å²) in [5, 5.41) is 7.86. The summed E-state index contributed by atoms with van der Waals surface area (Å²) in [6.45, 7) is 4.13.